The Hall–Kier alpha value is -0.790. The van der Waals surface area contributed by atoms with Crippen LogP contribution in [0.15, 0.2) is 12.7 Å². The van der Waals surface area contributed by atoms with Crippen LogP contribution in [-0.4, -0.2) is 12.6 Å². The summed E-state index contributed by atoms with van der Waals surface area (Å²) in [5.74, 6) is -0.150. The van der Waals surface area contributed by atoms with E-state index in [4.69, 9.17) is 4.74 Å². The van der Waals surface area contributed by atoms with Gasteiger partial charge in [-0.3, -0.25) is 4.79 Å². The van der Waals surface area contributed by atoms with Crippen molar-refractivity contribution in [3.8, 4) is 0 Å². The van der Waals surface area contributed by atoms with Crippen LogP contribution in [-0.2, 0) is 9.53 Å². The highest BCUT2D eigenvalue weighted by Crippen LogP contribution is 2.05. The zero-order chi connectivity index (χ0) is 9.40. The van der Waals surface area contributed by atoms with Gasteiger partial charge in [0.2, 0.25) is 0 Å². The fourth-order valence-electron chi connectivity index (χ4n) is 0.806. The van der Waals surface area contributed by atoms with Crippen LogP contribution in [0.1, 0.15) is 33.1 Å². The van der Waals surface area contributed by atoms with E-state index >= 15 is 0 Å². The van der Waals surface area contributed by atoms with E-state index in [0.29, 0.717) is 13.0 Å². The zero-order valence-corrected chi connectivity index (χ0v) is 8.01. The maximum Gasteiger partial charge on any atom is 0.308 e. The molecule has 0 heterocycles. The number of hydrogen-bond acceptors (Lipinski definition) is 2. The fourth-order valence-corrected chi connectivity index (χ4v) is 0.806. The molecule has 2 nitrogen and oxygen atoms in total. The van der Waals surface area contributed by atoms with Crippen LogP contribution in [0.25, 0.3) is 0 Å². The predicted molar refractivity (Wildman–Crippen MR) is 49.8 cm³/mol. The molecule has 0 N–H and O–H groups in total. The number of allylic oxidation sites excluding steroid dienone is 1. The van der Waals surface area contributed by atoms with Crippen molar-refractivity contribution in [1.29, 1.82) is 0 Å². The Morgan fingerprint density at radius 3 is 2.83 bits per heavy atom. The molecule has 0 bridgehead atoms. The third kappa shape index (κ3) is 4.94. The zero-order valence-electron chi connectivity index (χ0n) is 8.01. The molecule has 1 unspecified atom stereocenters. The number of ether oxygens (including phenoxy) is 1. The number of carbonyl (C=O) groups is 1. The van der Waals surface area contributed by atoms with Gasteiger partial charge in [0, 0.05) is 0 Å². The Balaban J connectivity index is 3.49. The first-order valence-corrected chi connectivity index (χ1v) is 4.49. The lowest BCUT2D eigenvalue weighted by molar-refractivity contribution is -0.147. The van der Waals surface area contributed by atoms with Crippen LogP contribution < -0.4 is 0 Å². The van der Waals surface area contributed by atoms with Crippen molar-refractivity contribution in [2.75, 3.05) is 6.61 Å². The lowest BCUT2D eigenvalue weighted by Gasteiger charge is -2.08. The lowest BCUT2D eigenvalue weighted by Crippen LogP contribution is -2.14. The summed E-state index contributed by atoms with van der Waals surface area (Å²) in [6, 6.07) is 0. The minimum atomic E-state index is -0.108. The fraction of sp³-hybridized carbons (Fsp3) is 0.700. The van der Waals surface area contributed by atoms with Gasteiger partial charge < -0.3 is 4.74 Å². The number of carbonyl (C=O) groups excluding carboxylic acids is 1. The Kier molecular flexibility index (Phi) is 6.44. The molecular formula is C10H18O2. The molecule has 2 heteroatoms. The van der Waals surface area contributed by atoms with Crippen molar-refractivity contribution in [3.63, 3.8) is 0 Å². The summed E-state index contributed by atoms with van der Waals surface area (Å²) in [6.45, 7) is 8.05. The molecule has 0 amide bonds. The maximum atomic E-state index is 11.1. The van der Waals surface area contributed by atoms with Crippen molar-refractivity contribution in [2.45, 2.75) is 33.1 Å². The first-order chi connectivity index (χ1) is 5.72. The van der Waals surface area contributed by atoms with E-state index < -0.39 is 0 Å². The SMILES string of the molecule is C=CCC(C)C(=O)OCCCC. The second-order valence-electron chi connectivity index (χ2n) is 2.95. The van der Waals surface area contributed by atoms with Crippen LogP contribution in [0, 0.1) is 5.92 Å². The van der Waals surface area contributed by atoms with Gasteiger partial charge in [-0.2, -0.15) is 0 Å². The minimum absolute atomic E-state index is 0.0423. The largest absolute Gasteiger partial charge is 0.465 e. The van der Waals surface area contributed by atoms with E-state index in [1.54, 1.807) is 6.08 Å². The van der Waals surface area contributed by atoms with E-state index in [9.17, 15) is 4.79 Å². The quantitative estimate of drug-likeness (QED) is 0.348. The topological polar surface area (TPSA) is 26.3 Å². The summed E-state index contributed by atoms with van der Waals surface area (Å²) >= 11 is 0. The van der Waals surface area contributed by atoms with Crippen molar-refractivity contribution < 1.29 is 9.53 Å². The van der Waals surface area contributed by atoms with Gasteiger partial charge in [-0.05, 0) is 12.8 Å². The van der Waals surface area contributed by atoms with Crippen molar-refractivity contribution in [1.82, 2.24) is 0 Å². The molecule has 1 atom stereocenters. The smallest absolute Gasteiger partial charge is 0.308 e. The van der Waals surface area contributed by atoms with Gasteiger partial charge >= 0.3 is 5.97 Å². The molecule has 0 fully saturated rings. The normalized spacial score (nSPS) is 12.2. The predicted octanol–water partition coefficient (Wildman–Crippen LogP) is 2.54. The molecule has 0 radical (unpaired) electrons. The van der Waals surface area contributed by atoms with Crippen LogP contribution in [0.3, 0.4) is 0 Å². The van der Waals surface area contributed by atoms with Gasteiger partial charge in [-0.15, -0.1) is 6.58 Å². The van der Waals surface area contributed by atoms with Crippen LogP contribution in [0.4, 0.5) is 0 Å². The van der Waals surface area contributed by atoms with E-state index in [1.807, 2.05) is 6.92 Å². The van der Waals surface area contributed by atoms with Gasteiger partial charge in [0.1, 0.15) is 0 Å². The van der Waals surface area contributed by atoms with Gasteiger partial charge in [0.15, 0.2) is 0 Å². The summed E-state index contributed by atoms with van der Waals surface area (Å²) in [4.78, 5) is 11.1. The third-order valence-electron chi connectivity index (χ3n) is 1.66. The first-order valence-electron chi connectivity index (χ1n) is 4.49. The Morgan fingerprint density at radius 2 is 2.33 bits per heavy atom. The molecule has 0 saturated heterocycles. The highest BCUT2D eigenvalue weighted by Gasteiger charge is 2.11. The van der Waals surface area contributed by atoms with Gasteiger partial charge in [-0.1, -0.05) is 26.3 Å². The van der Waals surface area contributed by atoms with Crippen LogP contribution in [0.5, 0.6) is 0 Å². The minimum Gasteiger partial charge on any atom is -0.465 e. The molecule has 70 valence electrons. The lowest BCUT2D eigenvalue weighted by atomic mass is 10.1. The molecule has 0 aromatic heterocycles. The molecule has 0 rings (SSSR count). The van der Waals surface area contributed by atoms with E-state index in [0.717, 1.165) is 12.8 Å². The Labute approximate surface area is 74.6 Å². The highest BCUT2D eigenvalue weighted by molar-refractivity contribution is 5.72. The number of rotatable bonds is 6. The summed E-state index contributed by atoms with van der Waals surface area (Å²) < 4.78 is 5.01. The molecule has 0 aromatic rings. The maximum absolute atomic E-state index is 11.1. The Morgan fingerprint density at radius 1 is 1.67 bits per heavy atom. The van der Waals surface area contributed by atoms with Crippen molar-refractivity contribution in [3.05, 3.63) is 12.7 Å². The summed E-state index contributed by atoms with van der Waals surface area (Å²) in [6.07, 6.45) is 4.45. The number of unbranched alkanes of at least 4 members (excludes halogenated alkanes) is 1. The average Bonchev–Trinajstić information content (AvgIpc) is 2.05. The summed E-state index contributed by atoms with van der Waals surface area (Å²) in [7, 11) is 0. The van der Waals surface area contributed by atoms with Crippen LogP contribution >= 0.6 is 0 Å². The Bertz CT molecular complexity index is 141. The second kappa shape index (κ2) is 6.89. The van der Waals surface area contributed by atoms with E-state index in [1.165, 1.54) is 0 Å². The summed E-state index contributed by atoms with van der Waals surface area (Å²) in [5.41, 5.74) is 0. The highest BCUT2D eigenvalue weighted by atomic mass is 16.5. The van der Waals surface area contributed by atoms with Crippen molar-refractivity contribution >= 4 is 5.97 Å². The first kappa shape index (κ1) is 11.2. The number of hydrogen-bond donors (Lipinski definition) is 0. The molecule has 0 aliphatic heterocycles. The van der Waals surface area contributed by atoms with Gasteiger partial charge in [0.25, 0.3) is 0 Å². The standard InChI is InChI=1S/C10H18O2/c1-4-6-8-12-10(11)9(3)7-5-2/h5,9H,2,4,6-8H2,1,3H3. The molecule has 12 heavy (non-hydrogen) atoms. The molecule has 0 spiro atoms. The third-order valence-corrected chi connectivity index (χ3v) is 1.66. The second-order valence-corrected chi connectivity index (χ2v) is 2.95. The van der Waals surface area contributed by atoms with Gasteiger partial charge in [-0.25, -0.2) is 0 Å². The number of esters is 1. The molecule has 0 saturated carbocycles. The molecular weight excluding hydrogens is 152 g/mol. The average molecular weight is 170 g/mol. The molecule has 0 aromatic carbocycles. The monoisotopic (exact) mass is 170 g/mol. The summed E-state index contributed by atoms with van der Waals surface area (Å²) in [5, 5.41) is 0. The van der Waals surface area contributed by atoms with E-state index in [2.05, 4.69) is 13.5 Å². The van der Waals surface area contributed by atoms with Gasteiger partial charge in [0.05, 0.1) is 12.5 Å². The van der Waals surface area contributed by atoms with Crippen LogP contribution in [0.2, 0.25) is 0 Å². The van der Waals surface area contributed by atoms with E-state index in [-0.39, 0.29) is 11.9 Å². The van der Waals surface area contributed by atoms with Crippen molar-refractivity contribution in [2.24, 2.45) is 5.92 Å². The molecule has 0 aliphatic carbocycles. The molecule has 0 aliphatic rings.